The molecule has 1 aromatic rings. The summed E-state index contributed by atoms with van der Waals surface area (Å²) in [7, 11) is 0. The van der Waals surface area contributed by atoms with Crippen molar-refractivity contribution < 1.29 is 23.4 Å². The molecular formula is C17H21F2NO3. The molecule has 3 rings (SSSR count). The van der Waals surface area contributed by atoms with Gasteiger partial charge in [-0.25, -0.2) is 8.78 Å². The molecule has 2 fully saturated rings. The van der Waals surface area contributed by atoms with E-state index in [-0.39, 0.29) is 23.3 Å². The molecule has 1 aromatic carbocycles. The van der Waals surface area contributed by atoms with Crippen molar-refractivity contribution >= 4 is 5.91 Å². The van der Waals surface area contributed by atoms with Crippen LogP contribution in [-0.4, -0.2) is 36.9 Å². The highest BCUT2D eigenvalue weighted by Gasteiger charge is 2.42. The Bertz CT molecular complexity index is 555. The van der Waals surface area contributed by atoms with Gasteiger partial charge in [0.25, 0.3) is 0 Å². The van der Waals surface area contributed by atoms with Gasteiger partial charge >= 0.3 is 0 Å². The number of rotatable bonds is 5. The summed E-state index contributed by atoms with van der Waals surface area (Å²) in [6, 6.07) is 3.85. The summed E-state index contributed by atoms with van der Waals surface area (Å²) in [4.78, 5) is 12.0. The first-order valence-electron chi connectivity index (χ1n) is 8.05. The van der Waals surface area contributed by atoms with Gasteiger partial charge in [0.1, 0.15) is 17.7 Å². The Morgan fingerprint density at radius 2 is 1.96 bits per heavy atom. The molecule has 2 N–H and O–H groups in total. The van der Waals surface area contributed by atoms with Gasteiger partial charge in [0, 0.05) is 25.3 Å². The Morgan fingerprint density at radius 3 is 2.61 bits per heavy atom. The summed E-state index contributed by atoms with van der Waals surface area (Å²) in [6.07, 6.45) is 0.939. The predicted molar refractivity (Wildman–Crippen MR) is 79.8 cm³/mol. The first kappa shape index (κ1) is 16.3. The van der Waals surface area contributed by atoms with Crippen LogP contribution in [0.1, 0.15) is 30.7 Å². The molecule has 1 aliphatic carbocycles. The number of hydrogen-bond donors (Lipinski definition) is 2. The van der Waals surface area contributed by atoms with Gasteiger partial charge in [-0.1, -0.05) is 6.07 Å². The number of nitrogens with one attached hydrogen (secondary N) is 1. The van der Waals surface area contributed by atoms with Crippen molar-refractivity contribution in [2.24, 2.45) is 11.8 Å². The Morgan fingerprint density at radius 1 is 1.30 bits per heavy atom. The molecule has 0 bridgehead atoms. The van der Waals surface area contributed by atoms with Crippen molar-refractivity contribution in [1.29, 1.82) is 0 Å². The zero-order chi connectivity index (χ0) is 16.4. The molecule has 3 atom stereocenters. The fourth-order valence-electron chi connectivity index (χ4n) is 3.27. The van der Waals surface area contributed by atoms with Crippen molar-refractivity contribution in [2.75, 3.05) is 19.8 Å². The Balaban J connectivity index is 1.49. The quantitative estimate of drug-likeness (QED) is 0.870. The molecule has 1 heterocycles. The lowest BCUT2D eigenvalue weighted by Gasteiger charge is -2.25. The van der Waals surface area contributed by atoms with Crippen LogP contribution in [0.25, 0.3) is 0 Å². The van der Waals surface area contributed by atoms with Crippen LogP contribution in [0.3, 0.4) is 0 Å². The number of amides is 1. The van der Waals surface area contributed by atoms with E-state index in [1.54, 1.807) is 0 Å². The maximum absolute atomic E-state index is 13.7. The van der Waals surface area contributed by atoms with E-state index in [0.29, 0.717) is 39.0 Å². The highest BCUT2D eigenvalue weighted by Crippen LogP contribution is 2.48. The number of hydrogen-bond acceptors (Lipinski definition) is 3. The summed E-state index contributed by atoms with van der Waals surface area (Å²) in [5.74, 6) is -1.74. The fraction of sp³-hybridized carbons (Fsp3) is 0.588. The maximum atomic E-state index is 13.7. The molecule has 126 valence electrons. The third-order valence-corrected chi connectivity index (χ3v) is 4.81. The number of aliphatic hydroxyl groups excluding tert-OH is 1. The minimum Gasteiger partial charge on any atom is -0.383 e. The van der Waals surface area contributed by atoms with E-state index in [2.05, 4.69) is 5.32 Å². The number of carbonyl (C=O) groups is 1. The second-order valence-corrected chi connectivity index (χ2v) is 6.38. The predicted octanol–water partition coefficient (Wildman–Crippen LogP) is 1.97. The topological polar surface area (TPSA) is 58.6 Å². The first-order valence-corrected chi connectivity index (χ1v) is 8.05. The van der Waals surface area contributed by atoms with E-state index < -0.39 is 23.6 Å². The lowest BCUT2D eigenvalue weighted by Crippen LogP contribution is -2.42. The van der Waals surface area contributed by atoms with Crippen molar-refractivity contribution in [2.45, 2.75) is 31.3 Å². The highest BCUT2D eigenvalue weighted by molar-refractivity contribution is 5.80. The van der Waals surface area contributed by atoms with E-state index in [1.165, 1.54) is 18.2 Å². The summed E-state index contributed by atoms with van der Waals surface area (Å²) in [5, 5.41) is 12.8. The van der Waals surface area contributed by atoms with E-state index in [4.69, 9.17) is 4.74 Å². The average Bonchev–Trinajstić information content (AvgIpc) is 3.32. The van der Waals surface area contributed by atoms with Crippen molar-refractivity contribution in [3.05, 3.63) is 35.4 Å². The SMILES string of the molecule is O=C(NC[C@@H]1C[C@H]1c1c(F)cccc1F)[C@H](O)C1CCOCC1. The van der Waals surface area contributed by atoms with Crippen LogP contribution in [0.15, 0.2) is 18.2 Å². The van der Waals surface area contributed by atoms with Crippen LogP contribution in [-0.2, 0) is 9.53 Å². The number of carbonyl (C=O) groups excluding carboxylic acids is 1. The maximum Gasteiger partial charge on any atom is 0.249 e. The number of benzene rings is 1. The van der Waals surface area contributed by atoms with Crippen LogP contribution in [0, 0.1) is 23.5 Å². The van der Waals surface area contributed by atoms with E-state index in [0.717, 1.165) is 0 Å². The van der Waals surface area contributed by atoms with Gasteiger partial charge in [0.2, 0.25) is 5.91 Å². The second kappa shape index (κ2) is 6.93. The van der Waals surface area contributed by atoms with Crippen LogP contribution in [0.4, 0.5) is 8.78 Å². The Hall–Kier alpha value is -1.53. The van der Waals surface area contributed by atoms with Gasteiger partial charge in [-0.05, 0) is 49.1 Å². The summed E-state index contributed by atoms with van der Waals surface area (Å²) < 4.78 is 32.6. The summed E-state index contributed by atoms with van der Waals surface area (Å²) in [6.45, 7) is 1.45. The van der Waals surface area contributed by atoms with Crippen LogP contribution >= 0.6 is 0 Å². The molecular weight excluding hydrogens is 304 g/mol. The van der Waals surface area contributed by atoms with Crippen LogP contribution in [0.5, 0.6) is 0 Å². The monoisotopic (exact) mass is 325 g/mol. The molecule has 0 aromatic heterocycles. The highest BCUT2D eigenvalue weighted by atomic mass is 19.1. The van der Waals surface area contributed by atoms with Gasteiger partial charge in [0.05, 0.1) is 0 Å². The standard InChI is InChI=1S/C17H21F2NO3/c18-13-2-1-3-14(19)15(13)12-8-11(12)9-20-17(22)16(21)10-4-6-23-7-5-10/h1-3,10-12,16,21H,4-9H2,(H,20,22)/t11-,12+,16+/m0/s1. The van der Waals surface area contributed by atoms with Crippen molar-refractivity contribution in [3.8, 4) is 0 Å². The third kappa shape index (κ3) is 3.70. The second-order valence-electron chi connectivity index (χ2n) is 6.38. The first-order chi connectivity index (χ1) is 11.1. The molecule has 1 saturated heterocycles. The van der Waals surface area contributed by atoms with Gasteiger partial charge < -0.3 is 15.2 Å². The van der Waals surface area contributed by atoms with Gasteiger partial charge in [0.15, 0.2) is 0 Å². The minimum atomic E-state index is -1.04. The molecule has 1 saturated carbocycles. The van der Waals surface area contributed by atoms with Crippen molar-refractivity contribution in [1.82, 2.24) is 5.32 Å². The van der Waals surface area contributed by atoms with Crippen molar-refractivity contribution in [3.63, 3.8) is 0 Å². The lowest BCUT2D eigenvalue weighted by atomic mass is 9.93. The number of halogens is 2. The molecule has 2 aliphatic rings. The molecule has 1 amide bonds. The third-order valence-electron chi connectivity index (χ3n) is 4.81. The van der Waals surface area contributed by atoms with Crippen LogP contribution < -0.4 is 5.32 Å². The van der Waals surface area contributed by atoms with E-state index >= 15 is 0 Å². The van der Waals surface area contributed by atoms with E-state index in [9.17, 15) is 18.7 Å². The molecule has 0 radical (unpaired) electrons. The number of ether oxygens (including phenoxy) is 1. The lowest BCUT2D eigenvalue weighted by molar-refractivity contribution is -0.134. The summed E-state index contributed by atoms with van der Waals surface area (Å²) in [5.41, 5.74) is 0.108. The van der Waals surface area contributed by atoms with Gasteiger partial charge in [-0.2, -0.15) is 0 Å². The molecule has 6 heteroatoms. The normalized spacial score (nSPS) is 25.9. The van der Waals surface area contributed by atoms with E-state index in [1.807, 2.05) is 0 Å². The largest absolute Gasteiger partial charge is 0.383 e. The smallest absolute Gasteiger partial charge is 0.249 e. The van der Waals surface area contributed by atoms with Gasteiger partial charge in [-0.3, -0.25) is 4.79 Å². The minimum absolute atomic E-state index is 0.0206. The molecule has 0 spiro atoms. The fourth-order valence-corrected chi connectivity index (χ4v) is 3.27. The zero-order valence-corrected chi connectivity index (χ0v) is 12.8. The molecule has 1 aliphatic heterocycles. The number of aliphatic hydroxyl groups is 1. The Kier molecular flexibility index (Phi) is 4.92. The molecule has 23 heavy (non-hydrogen) atoms. The van der Waals surface area contributed by atoms with Gasteiger partial charge in [-0.15, -0.1) is 0 Å². The average molecular weight is 325 g/mol. The zero-order valence-electron chi connectivity index (χ0n) is 12.8. The molecule has 4 nitrogen and oxygen atoms in total. The Labute approximate surface area is 133 Å². The summed E-state index contributed by atoms with van der Waals surface area (Å²) >= 11 is 0. The molecule has 0 unspecified atom stereocenters. The van der Waals surface area contributed by atoms with Crippen LogP contribution in [0.2, 0.25) is 0 Å².